The lowest BCUT2D eigenvalue weighted by molar-refractivity contribution is -0.140. The van der Waals surface area contributed by atoms with Gasteiger partial charge in [-0.25, -0.2) is 0 Å². The van der Waals surface area contributed by atoms with Crippen LogP contribution in [0.15, 0.2) is 42.1 Å². The number of fused-ring (bicyclic) bond motifs is 1. The monoisotopic (exact) mass is 640 g/mol. The molecule has 0 saturated carbocycles. The molecule has 0 aliphatic carbocycles. The Bertz CT molecular complexity index is 1320. The van der Waals surface area contributed by atoms with Crippen molar-refractivity contribution in [1.82, 2.24) is 20.1 Å². The number of nitrogens with zero attached hydrogens (tertiary/aromatic N) is 2. The van der Waals surface area contributed by atoms with Crippen LogP contribution in [-0.2, 0) is 26.8 Å². The second-order valence-corrected chi connectivity index (χ2v) is 14.9. The van der Waals surface area contributed by atoms with E-state index in [0.717, 1.165) is 29.3 Å². The van der Waals surface area contributed by atoms with Crippen LogP contribution in [-0.4, -0.2) is 58.4 Å². The summed E-state index contributed by atoms with van der Waals surface area (Å²) in [6, 6.07) is 6.07. The SMILES string of the molecule is CCCC.CCC[C@@H](C)NC(=O)/C(C)=C/[C@H](C(C)C)N(C)C(=O)[C@@H](NC(=O)[C@@H](N)C(C)(C)c1cn(C)c2ccccc12)C(C)(C)C. The van der Waals surface area contributed by atoms with E-state index in [1.807, 2.05) is 104 Å². The highest BCUT2D eigenvalue weighted by atomic mass is 16.2. The van der Waals surface area contributed by atoms with Gasteiger partial charge < -0.3 is 25.8 Å². The van der Waals surface area contributed by atoms with E-state index in [1.165, 1.54) is 12.8 Å². The van der Waals surface area contributed by atoms with Gasteiger partial charge in [0.1, 0.15) is 6.04 Å². The molecule has 1 aromatic heterocycles. The number of carbonyl (C=O) groups excluding carboxylic acids is 3. The summed E-state index contributed by atoms with van der Waals surface area (Å²) in [5, 5.41) is 7.10. The Kier molecular flexibility index (Phi) is 15.7. The molecule has 0 unspecified atom stereocenters. The third kappa shape index (κ3) is 10.7. The molecule has 4 atom stereocenters. The molecule has 0 spiro atoms. The van der Waals surface area contributed by atoms with E-state index in [9.17, 15) is 14.4 Å². The third-order valence-electron chi connectivity index (χ3n) is 8.91. The Morgan fingerprint density at radius 3 is 2.02 bits per heavy atom. The minimum absolute atomic E-state index is 0.0404. The minimum atomic E-state index is -0.900. The van der Waals surface area contributed by atoms with Crippen LogP contribution < -0.4 is 16.4 Å². The molecule has 0 bridgehead atoms. The second kappa shape index (κ2) is 17.7. The van der Waals surface area contributed by atoms with Crippen molar-refractivity contribution in [3.05, 3.63) is 47.7 Å². The van der Waals surface area contributed by atoms with Crippen molar-refractivity contribution in [1.29, 1.82) is 0 Å². The van der Waals surface area contributed by atoms with Crippen LogP contribution in [0.2, 0.25) is 0 Å². The molecule has 0 saturated heterocycles. The first-order valence-electron chi connectivity index (χ1n) is 17.1. The van der Waals surface area contributed by atoms with Crippen molar-refractivity contribution >= 4 is 28.6 Å². The zero-order valence-corrected chi connectivity index (χ0v) is 31.4. The number of nitrogens with one attached hydrogen (secondary N) is 2. The fraction of sp³-hybridized carbons (Fsp3) is 0.658. The maximum Gasteiger partial charge on any atom is 0.246 e. The lowest BCUT2D eigenvalue weighted by Gasteiger charge is -2.39. The molecule has 260 valence electrons. The molecule has 0 aliphatic rings. The first-order valence-corrected chi connectivity index (χ1v) is 17.1. The van der Waals surface area contributed by atoms with Crippen molar-refractivity contribution in [3.8, 4) is 0 Å². The Labute approximate surface area is 279 Å². The van der Waals surface area contributed by atoms with Gasteiger partial charge in [-0.1, -0.05) is 113 Å². The van der Waals surface area contributed by atoms with Crippen LogP contribution in [0.1, 0.15) is 114 Å². The lowest BCUT2D eigenvalue weighted by Crippen LogP contribution is -2.61. The molecule has 1 aromatic carbocycles. The molecule has 8 nitrogen and oxygen atoms in total. The zero-order valence-electron chi connectivity index (χ0n) is 31.4. The van der Waals surface area contributed by atoms with Crippen LogP contribution >= 0.6 is 0 Å². The average molecular weight is 640 g/mol. The number of benzene rings is 1. The molecule has 3 amide bonds. The lowest BCUT2D eigenvalue weighted by atomic mass is 9.77. The number of para-hydroxylation sites is 1. The highest BCUT2D eigenvalue weighted by Gasteiger charge is 2.41. The van der Waals surface area contributed by atoms with Gasteiger partial charge in [-0.3, -0.25) is 14.4 Å². The molecule has 2 rings (SSSR count). The van der Waals surface area contributed by atoms with Gasteiger partial charge in [0.15, 0.2) is 0 Å². The molecule has 0 radical (unpaired) electrons. The van der Waals surface area contributed by atoms with E-state index in [2.05, 4.69) is 31.4 Å². The number of aromatic nitrogens is 1. The smallest absolute Gasteiger partial charge is 0.246 e. The van der Waals surface area contributed by atoms with Crippen LogP contribution in [0.25, 0.3) is 10.9 Å². The van der Waals surface area contributed by atoms with E-state index in [4.69, 9.17) is 5.73 Å². The highest BCUT2D eigenvalue weighted by Crippen LogP contribution is 2.34. The highest BCUT2D eigenvalue weighted by molar-refractivity contribution is 5.94. The van der Waals surface area contributed by atoms with Gasteiger partial charge in [0.05, 0.1) is 12.1 Å². The summed E-state index contributed by atoms with van der Waals surface area (Å²) < 4.78 is 2.04. The number of unbranched alkanes of at least 4 members (excludes halogenated alkanes) is 1. The van der Waals surface area contributed by atoms with Crippen LogP contribution in [0.5, 0.6) is 0 Å². The Morgan fingerprint density at radius 1 is 0.957 bits per heavy atom. The Balaban J connectivity index is 0.00000249. The number of aryl methyl sites for hydroxylation is 1. The predicted molar refractivity (Wildman–Crippen MR) is 194 cm³/mol. The van der Waals surface area contributed by atoms with E-state index in [0.29, 0.717) is 5.57 Å². The molecule has 2 aromatic rings. The molecular weight excluding hydrogens is 574 g/mol. The standard InChI is InChI=1S/C34H55N5O3.C4H10/c1-13-16-23(5)36-30(40)22(4)19-27(21(2)3)39(12)32(42)29(33(6,7)8)37-31(41)28(35)34(9,10)25-20-38(11)26-18-15-14-17-24(25)26;1-3-4-2/h14-15,17-21,23,27-29H,13,16,35H2,1-12H3,(H,36,40)(H,37,41);3-4H2,1-2H3/b22-19+;/t23-,27-,28-,29-;/m1./s1. The van der Waals surface area contributed by atoms with Crippen molar-refractivity contribution in [2.75, 3.05) is 7.05 Å². The summed E-state index contributed by atoms with van der Waals surface area (Å²) in [6.07, 6.45) is 8.41. The number of likely N-dealkylation sites (N-methyl/N-ethyl adjacent to an activating group) is 1. The van der Waals surface area contributed by atoms with E-state index < -0.39 is 22.9 Å². The van der Waals surface area contributed by atoms with Gasteiger partial charge in [-0.05, 0) is 43.2 Å². The van der Waals surface area contributed by atoms with Crippen molar-refractivity contribution < 1.29 is 14.4 Å². The van der Waals surface area contributed by atoms with E-state index in [1.54, 1.807) is 18.9 Å². The Hall–Kier alpha value is -3.13. The van der Waals surface area contributed by atoms with Gasteiger partial charge in [0, 0.05) is 48.2 Å². The largest absolute Gasteiger partial charge is 0.350 e. The zero-order chi connectivity index (χ0) is 35.6. The summed E-state index contributed by atoms with van der Waals surface area (Å²) in [5.74, 6) is -0.705. The fourth-order valence-electron chi connectivity index (χ4n) is 5.51. The normalized spacial score (nSPS) is 15.0. The van der Waals surface area contributed by atoms with Gasteiger partial charge >= 0.3 is 0 Å². The molecule has 4 N–H and O–H groups in total. The van der Waals surface area contributed by atoms with Gasteiger partial charge in [-0.15, -0.1) is 0 Å². The summed E-state index contributed by atoms with van der Waals surface area (Å²) in [4.78, 5) is 42.3. The fourth-order valence-corrected chi connectivity index (χ4v) is 5.51. The van der Waals surface area contributed by atoms with Crippen LogP contribution in [0, 0.1) is 11.3 Å². The van der Waals surface area contributed by atoms with E-state index >= 15 is 0 Å². The molecular formula is C38H65N5O3. The maximum atomic E-state index is 14.0. The summed E-state index contributed by atoms with van der Waals surface area (Å²) >= 11 is 0. The second-order valence-electron chi connectivity index (χ2n) is 14.9. The van der Waals surface area contributed by atoms with Crippen LogP contribution in [0.4, 0.5) is 0 Å². The number of amides is 3. The predicted octanol–water partition coefficient (Wildman–Crippen LogP) is 6.85. The Morgan fingerprint density at radius 2 is 1.52 bits per heavy atom. The number of hydrogen-bond donors (Lipinski definition) is 3. The quantitative estimate of drug-likeness (QED) is 0.208. The average Bonchev–Trinajstić information content (AvgIpc) is 3.33. The number of nitrogens with two attached hydrogens (primary N) is 1. The topological polar surface area (TPSA) is 109 Å². The number of hydrogen-bond acceptors (Lipinski definition) is 4. The summed E-state index contributed by atoms with van der Waals surface area (Å²) in [5.41, 5.74) is 7.98. The molecule has 1 heterocycles. The van der Waals surface area contributed by atoms with Crippen molar-refractivity contribution in [2.45, 2.75) is 138 Å². The first-order chi connectivity index (χ1) is 21.3. The summed E-state index contributed by atoms with van der Waals surface area (Å²) in [7, 11) is 3.72. The van der Waals surface area contributed by atoms with Crippen molar-refractivity contribution in [2.24, 2.45) is 24.1 Å². The minimum Gasteiger partial charge on any atom is -0.350 e. The maximum absolute atomic E-state index is 14.0. The molecule has 46 heavy (non-hydrogen) atoms. The van der Waals surface area contributed by atoms with Crippen LogP contribution in [0.3, 0.4) is 0 Å². The molecule has 0 fully saturated rings. The van der Waals surface area contributed by atoms with Gasteiger partial charge in [-0.2, -0.15) is 0 Å². The molecule has 8 heteroatoms. The van der Waals surface area contributed by atoms with E-state index in [-0.39, 0.29) is 35.7 Å². The van der Waals surface area contributed by atoms with Gasteiger partial charge in [0.25, 0.3) is 0 Å². The third-order valence-corrected chi connectivity index (χ3v) is 8.91. The molecule has 0 aliphatic heterocycles. The number of rotatable bonds is 13. The number of carbonyl (C=O) groups is 3. The first kappa shape index (κ1) is 40.9. The van der Waals surface area contributed by atoms with Crippen molar-refractivity contribution in [3.63, 3.8) is 0 Å². The van der Waals surface area contributed by atoms with Gasteiger partial charge in [0.2, 0.25) is 17.7 Å². The summed E-state index contributed by atoms with van der Waals surface area (Å²) in [6.45, 7) is 24.0.